The average Bonchev–Trinajstić information content (AvgIpc) is 1.54. The van der Waals surface area contributed by atoms with Crippen LogP contribution in [0.5, 0.6) is 0 Å². The first-order valence-corrected chi connectivity index (χ1v) is 3.81. The second-order valence-electron chi connectivity index (χ2n) is 1.31. The maximum Gasteiger partial charge on any atom is 1.00 e. The molecule has 5 nitrogen and oxygen atoms in total. The third-order valence-corrected chi connectivity index (χ3v) is 0.266. The van der Waals surface area contributed by atoms with Crippen LogP contribution in [0.2, 0.25) is 0 Å². The summed E-state index contributed by atoms with van der Waals surface area (Å²) in [5, 5.41) is 3.88. The fraction of sp³-hybridized carbons (Fsp3) is 0.667. The average molecular weight is 217 g/mol. The van der Waals surface area contributed by atoms with Gasteiger partial charge in [-0.2, -0.15) is 8.42 Å². The minimum Gasteiger partial charge on any atom is -0.325 e. The Kier molecular flexibility index (Phi) is 11.1. The molecule has 0 rings (SSSR count). The van der Waals surface area contributed by atoms with Crippen molar-refractivity contribution in [3.8, 4) is 0 Å². The number of ether oxygens (including phenoxy) is 1. The Morgan fingerprint density at radius 3 is 1.69 bits per heavy atom. The fourth-order valence-electron chi connectivity index (χ4n) is 0.116. The molecule has 13 heavy (non-hydrogen) atoms. The monoisotopic (exact) mass is 217 g/mol. The fourth-order valence-corrected chi connectivity index (χ4v) is 0.116. The van der Waals surface area contributed by atoms with Crippen molar-refractivity contribution < 1.29 is 49.7 Å². The van der Waals surface area contributed by atoms with Crippen LogP contribution in [0, 0.1) is 6.92 Å². The molecule has 0 aromatic heterocycles. The zero-order valence-electron chi connectivity index (χ0n) is 6.71. The van der Waals surface area contributed by atoms with Gasteiger partial charge in [-0.3, -0.25) is 4.55 Å². The van der Waals surface area contributed by atoms with E-state index in [0.717, 1.165) is 0 Å². The van der Waals surface area contributed by atoms with Gasteiger partial charge in [0.15, 0.2) is 0 Å². The molecule has 76 valence electrons. The molecule has 3 N–H and O–H groups in total. The molecular weight excluding hydrogens is 210 g/mol. The zero-order valence-corrected chi connectivity index (χ0v) is 7.52. The second-order valence-corrected chi connectivity index (χ2v) is 2.34. The quantitative estimate of drug-likeness (QED) is 0.280. The van der Waals surface area contributed by atoms with Gasteiger partial charge in [0.1, 0.15) is 0 Å². The first-order valence-electron chi connectivity index (χ1n) is 2.31. The van der Waals surface area contributed by atoms with Crippen molar-refractivity contribution in [2.24, 2.45) is 5.14 Å². The summed E-state index contributed by atoms with van der Waals surface area (Å²) in [4.78, 5) is 0. The van der Waals surface area contributed by atoms with E-state index in [4.69, 9.17) is 13.0 Å². The molecule has 0 aromatic carbocycles. The SMILES string of the molecule is NS(=O)(=O)O.[CH2-]COC(F)(F)F.[Li+]. The zero-order chi connectivity index (χ0) is 10.4. The number of alkyl halides is 3. The van der Waals surface area contributed by atoms with E-state index in [-0.39, 0.29) is 18.9 Å². The molecule has 0 aliphatic heterocycles. The second kappa shape index (κ2) is 7.61. The van der Waals surface area contributed by atoms with Gasteiger partial charge in [0.05, 0.1) is 0 Å². The smallest absolute Gasteiger partial charge is 0.325 e. The van der Waals surface area contributed by atoms with Crippen molar-refractivity contribution in [3.05, 3.63) is 6.92 Å². The van der Waals surface area contributed by atoms with Crippen molar-refractivity contribution in [1.29, 1.82) is 0 Å². The molecule has 0 bridgehead atoms. The largest absolute Gasteiger partial charge is 1.00 e. The van der Waals surface area contributed by atoms with Crippen LogP contribution >= 0.6 is 0 Å². The standard InChI is InChI=1S/C3H4F3O.Li.H3NO3S/c1-2-7-3(4,5)6;;1-5(2,3)4/h1-2H2;;(H3,1,2,3,4)/q-1;+1;. The Morgan fingerprint density at radius 2 is 1.69 bits per heavy atom. The van der Waals surface area contributed by atoms with E-state index < -0.39 is 23.3 Å². The van der Waals surface area contributed by atoms with E-state index in [2.05, 4.69) is 16.8 Å². The minimum atomic E-state index is -4.51. The van der Waals surface area contributed by atoms with Gasteiger partial charge >= 0.3 is 35.5 Å². The molecule has 0 heterocycles. The van der Waals surface area contributed by atoms with Crippen molar-refractivity contribution in [1.82, 2.24) is 0 Å². The van der Waals surface area contributed by atoms with Crippen LogP contribution in [-0.2, 0) is 15.0 Å². The number of hydrogen-bond donors (Lipinski definition) is 2. The Balaban J connectivity index is -0.000000150. The Labute approximate surface area is 85.5 Å². The predicted molar refractivity (Wildman–Crippen MR) is 33.1 cm³/mol. The summed E-state index contributed by atoms with van der Waals surface area (Å²) in [6.45, 7) is 2.26. The summed E-state index contributed by atoms with van der Waals surface area (Å²) in [5.74, 6) is 0. The summed E-state index contributed by atoms with van der Waals surface area (Å²) in [5.41, 5.74) is 0. The first kappa shape index (κ1) is 18.9. The van der Waals surface area contributed by atoms with Crippen LogP contribution in [0.15, 0.2) is 0 Å². The van der Waals surface area contributed by atoms with E-state index in [9.17, 15) is 13.2 Å². The van der Waals surface area contributed by atoms with Crippen LogP contribution in [0.3, 0.4) is 0 Å². The van der Waals surface area contributed by atoms with Gasteiger partial charge in [-0.25, -0.2) is 5.14 Å². The summed E-state index contributed by atoms with van der Waals surface area (Å²) < 4.78 is 60.7. The first-order chi connectivity index (χ1) is 5.06. The molecule has 0 saturated heterocycles. The maximum absolute atomic E-state index is 10.8. The van der Waals surface area contributed by atoms with Gasteiger partial charge in [-0.15, -0.1) is 13.2 Å². The van der Waals surface area contributed by atoms with E-state index in [0.29, 0.717) is 0 Å². The predicted octanol–water partition coefficient (Wildman–Crippen LogP) is -2.89. The van der Waals surface area contributed by atoms with E-state index in [1.54, 1.807) is 0 Å². The Bertz CT molecular complexity index is 195. The third kappa shape index (κ3) is 71.7. The molecule has 0 amide bonds. The molecule has 0 fully saturated rings. The van der Waals surface area contributed by atoms with Crippen molar-refractivity contribution in [2.75, 3.05) is 6.61 Å². The maximum atomic E-state index is 10.8. The normalized spacial score (nSPS) is 10.9. The Hall–Kier alpha value is 0.217. The molecular formula is C3H7F3LiNO4S. The molecule has 0 unspecified atom stereocenters. The summed E-state index contributed by atoms with van der Waals surface area (Å²) in [6, 6.07) is 0. The topological polar surface area (TPSA) is 89.6 Å². The van der Waals surface area contributed by atoms with Crippen LogP contribution in [0.25, 0.3) is 0 Å². The number of nitrogens with two attached hydrogens (primary N) is 1. The molecule has 0 radical (unpaired) electrons. The molecule has 0 aliphatic rings. The van der Waals surface area contributed by atoms with E-state index >= 15 is 0 Å². The number of halogens is 3. The molecule has 0 aliphatic carbocycles. The third-order valence-electron chi connectivity index (χ3n) is 0.266. The minimum absolute atomic E-state index is 0. The molecule has 0 saturated carbocycles. The molecule has 0 spiro atoms. The van der Waals surface area contributed by atoms with E-state index in [1.807, 2.05) is 0 Å². The van der Waals surface area contributed by atoms with Crippen LogP contribution in [0.1, 0.15) is 0 Å². The van der Waals surface area contributed by atoms with Crippen LogP contribution in [-0.4, -0.2) is 25.9 Å². The summed E-state index contributed by atoms with van der Waals surface area (Å²) >= 11 is 0. The van der Waals surface area contributed by atoms with Gasteiger partial charge in [-0.1, -0.05) is 6.61 Å². The Morgan fingerprint density at radius 1 is 1.46 bits per heavy atom. The van der Waals surface area contributed by atoms with Crippen LogP contribution in [0.4, 0.5) is 13.2 Å². The molecule has 10 heteroatoms. The van der Waals surface area contributed by atoms with Gasteiger partial charge in [0.2, 0.25) is 0 Å². The van der Waals surface area contributed by atoms with Gasteiger partial charge in [-0.05, 0) is 0 Å². The van der Waals surface area contributed by atoms with Gasteiger partial charge in [0.25, 0.3) is 0 Å². The molecule has 0 atom stereocenters. The van der Waals surface area contributed by atoms with Crippen molar-refractivity contribution in [2.45, 2.75) is 6.36 Å². The summed E-state index contributed by atoms with van der Waals surface area (Å²) in [7, 11) is -4.17. The van der Waals surface area contributed by atoms with Crippen molar-refractivity contribution >= 4 is 10.3 Å². The van der Waals surface area contributed by atoms with Gasteiger partial charge < -0.3 is 11.7 Å². The molecule has 0 aromatic rings. The van der Waals surface area contributed by atoms with Crippen molar-refractivity contribution in [3.63, 3.8) is 0 Å². The summed E-state index contributed by atoms with van der Waals surface area (Å²) in [6.07, 6.45) is -4.51. The van der Waals surface area contributed by atoms with Gasteiger partial charge in [0, 0.05) is 0 Å². The number of rotatable bonds is 1. The number of hydrogen-bond acceptors (Lipinski definition) is 3. The van der Waals surface area contributed by atoms with Crippen LogP contribution < -0.4 is 24.0 Å². The van der Waals surface area contributed by atoms with E-state index in [1.165, 1.54) is 0 Å².